The Morgan fingerprint density at radius 1 is 0.410 bits per heavy atom. The molecule has 0 amide bonds. The number of furan rings is 1. The highest BCUT2D eigenvalue weighted by molar-refractivity contribution is 7.00. The van der Waals surface area contributed by atoms with E-state index in [0.717, 1.165) is 64.0 Å². The highest BCUT2D eigenvalue weighted by Crippen LogP contribution is 2.54. The van der Waals surface area contributed by atoms with Gasteiger partial charge in [0.05, 0.1) is 22.4 Å². The number of aromatic nitrogens is 1. The molecule has 0 aliphatic carbocycles. The molecule has 0 saturated heterocycles. The smallest absolute Gasteiger partial charge is 0.252 e. The fourth-order valence-corrected chi connectivity index (χ4v) is 13.7. The van der Waals surface area contributed by atoms with Gasteiger partial charge in [0.15, 0.2) is 5.58 Å². The fourth-order valence-electron chi connectivity index (χ4n) is 13.7. The molecule has 2 aliphatic heterocycles. The van der Waals surface area contributed by atoms with Crippen LogP contribution in [0.1, 0.15) is 78.0 Å². The van der Waals surface area contributed by atoms with Gasteiger partial charge in [-0.2, -0.15) is 0 Å². The number of nitrogens with zero attached hydrogens (tertiary/aromatic N) is 3. The molecule has 15 rings (SSSR count). The van der Waals surface area contributed by atoms with Gasteiger partial charge in [0.2, 0.25) is 0 Å². The van der Waals surface area contributed by atoms with Crippen molar-refractivity contribution in [2.75, 3.05) is 9.80 Å². The fraction of sp³-hybridized carbons (Fsp3) is 0.154. The van der Waals surface area contributed by atoms with Gasteiger partial charge in [0.25, 0.3) is 6.71 Å². The second kappa shape index (κ2) is 19.4. The zero-order valence-corrected chi connectivity index (χ0v) is 48.5. The SMILES string of the molecule is CCCCc1ccc2c(oc3ccccc32)c1N1c2cc(-n3c4ccccc4c4ccccc43)ccc2B2c3cc(-c4ccccc4)ccc3N(c3c(-c4ccccc4)cc(C(C)(C)C)cc3-c3ccccc3)c3cc(C(C)(C)C)cc1c32. The van der Waals surface area contributed by atoms with Crippen LogP contribution in [-0.2, 0) is 17.3 Å². The molecule has 0 unspecified atom stereocenters. The van der Waals surface area contributed by atoms with Crippen LogP contribution < -0.4 is 26.2 Å². The average molecular weight is 1070 g/mol. The first-order valence-corrected chi connectivity index (χ1v) is 29.8. The second-order valence-electron chi connectivity index (χ2n) is 25.1. The molecule has 0 bridgehead atoms. The number of unbranched alkanes of at least 4 members (excludes halogenated alkanes) is 1. The first-order chi connectivity index (χ1) is 40.4. The van der Waals surface area contributed by atoms with Crippen molar-refractivity contribution in [3.8, 4) is 39.1 Å². The molecular formula is C78H66BN3O. The van der Waals surface area contributed by atoms with Gasteiger partial charge in [-0.3, -0.25) is 0 Å². The molecule has 5 heteroatoms. The number of rotatable bonds is 9. The van der Waals surface area contributed by atoms with E-state index in [1.807, 2.05) is 0 Å². The van der Waals surface area contributed by atoms with Gasteiger partial charge in [-0.05, 0) is 140 Å². The summed E-state index contributed by atoms with van der Waals surface area (Å²) in [5.41, 5.74) is 26.6. The summed E-state index contributed by atoms with van der Waals surface area (Å²) in [6.07, 6.45) is 3.01. The molecule has 11 aromatic carbocycles. The minimum Gasteiger partial charge on any atom is -0.454 e. The van der Waals surface area contributed by atoms with E-state index in [9.17, 15) is 0 Å². The van der Waals surface area contributed by atoms with Crippen molar-refractivity contribution in [1.29, 1.82) is 0 Å². The Balaban J connectivity index is 1.13. The topological polar surface area (TPSA) is 24.6 Å². The number of hydrogen-bond acceptors (Lipinski definition) is 3. The summed E-state index contributed by atoms with van der Waals surface area (Å²) in [6.45, 7) is 16.3. The summed E-state index contributed by atoms with van der Waals surface area (Å²) >= 11 is 0. The maximum atomic E-state index is 7.32. The van der Waals surface area contributed by atoms with Crippen LogP contribution in [0.15, 0.2) is 241 Å². The Kier molecular flexibility index (Phi) is 11.8. The molecular weight excluding hydrogens is 1010 g/mol. The van der Waals surface area contributed by atoms with Crippen LogP contribution in [0.5, 0.6) is 0 Å². The van der Waals surface area contributed by atoms with E-state index in [-0.39, 0.29) is 17.5 Å². The van der Waals surface area contributed by atoms with E-state index >= 15 is 0 Å². The monoisotopic (exact) mass is 1070 g/mol. The largest absolute Gasteiger partial charge is 0.454 e. The molecule has 13 aromatic rings. The third-order valence-electron chi connectivity index (χ3n) is 17.9. The lowest BCUT2D eigenvalue weighted by Gasteiger charge is -2.46. The number of anilines is 6. The molecule has 2 aromatic heterocycles. The molecule has 0 radical (unpaired) electrons. The molecule has 0 saturated carbocycles. The van der Waals surface area contributed by atoms with E-state index in [1.165, 1.54) is 105 Å². The number of aryl methyl sites for hydroxylation is 1. The van der Waals surface area contributed by atoms with Gasteiger partial charge in [-0.1, -0.05) is 231 Å². The Morgan fingerprint density at radius 3 is 1.55 bits per heavy atom. The number of fused-ring (bicyclic) bond motifs is 10. The van der Waals surface area contributed by atoms with Crippen molar-refractivity contribution in [2.45, 2.75) is 78.6 Å². The predicted molar refractivity (Wildman–Crippen MR) is 354 cm³/mol. The van der Waals surface area contributed by atoms with E-state index in [1.54, 1.807) is 0 Å². The molecule has 0 N–H and O–H groups in total. The lowest BCUT2D eigenvalue weighted by Crippen LogP contribution is -2.61. The lowest BCUT2D eigenvalue weighted by atomic mass is 9.33. The third kappa shape index (κ3) is 8.18. The maximum absolute atomic E-state index is 7.32. The van der Waals surface area contributed by atoms with Crippen LogP contribution in [0.2, 0.25) is 0 Å². The Bertz CT molecular complexity index is 4580. The average Bonchev–Trinajstić information content (AvgIpc) is 2.50. The van der Waals surface area contributed by atoms with Gasteiger partial charge in [0, 0.05) is 61.1 Å². The highest BCUT2D eigenvalue weighted by Gasteiger charge is 2.46. The molecule has 0 atom stereocenters. The summed E-state index contributed by atoms with van der Waals surface area (Å²) in [6, 6.07) is 89.0. The van der Waals surface area contributed by atoms with Crippen LogP contribution in [0.4, 0.5) is 34.1 Å². The highest BCUT2D eigenvalue weighted by atomic mass is 16.3. The van der Waals surface area contributed by atoms with Crippen molar-refractivity contribution in [3.63, 3.8) is 0 Å². The summed E-state index contributed by atoms with van der Waals surface area (Å²) in [5, 5.41) is 4.73. The van der Waals surface area contributed by atoms with Gasteiger partial charge < -0.3 is 18.8 Å². The van der Waals surface area contributed by atoms with Crippen LogP contribution in [0, 0.1) is 0 Å². The summed E-state index contributed by atoms with van der Waals surface area (Å²) < 4.78 is 9.81. The van der Waals surface area contributed by atoms with E-state index in [2.05, 4.69) is 299 Å². The van der Waals surface area contributed by atoms with E-state index in [4.69, 9.17) is 4.42 Å². The first-order valence-electron chi connectivity index (χ1n) is 29.8. The standard InChI is InChI=1S/C78H66BN3O/c1-8-9-25-53-38-41-61-60-34-21-24-37-72(60)83-76(61)74(53)82-69-49-57(80-66-35-22-19-32-58(66)59-33-20-23-36-67(59)80)40-42-64(69)79-65-44-54(50-26-13-10-14-27-50)39-43-68(65)81(70-47-56(78(5,6)7)48-71(82)73(70)79)75-62(51-28-15-11-16-29-51)45-55(77(2,3)4)46-63(75)52-30-17-12-18-31-52/h10-24,26-49H,8-9,25H2,1-7H3. The maximum Gasteiger partial charge on any atom is 0.252 e. The van der Waals surface area contributed by atoms with E-state index in [0.29, 0.717) is 0 Å². The third-order valence-corrected chi connectivity index (χ3v) is 17.9. The Labute approximate surface area is 488 Å². The van der Waals surface area contributed by atoms with Crippen molar-refractivity contribution < 1.29 is 4.42 Å². The molecule has 402 valence electrons. The number of hydrogen-bond donors (Lipinski definition) is 0. The predicted octanol–water partition coefficient (Wildman–Crippen LogP) is 19.7. The van der Waals surface area contributed by atoms with Crippen LogP contribution in [0.3, 0.4) is 0 Å². The normalized spacial score (nSPS) is 13.1. The molecule has 2 aliphatic rings. The molecule has 0 spiro atoms. The van der Waals surface area contributed by atoms with E-state index < -0.39 is 0 Å². The van der Waals surface area contributed by atoms with Crippen LogP contribution >= 0.6 is 0 Å². The number of para-hydroxylation sites is 3. The Morgan fingerprint density at radius 2 is 0.952 bits per heavy atom. The summed E-state index contributed by atoms with van der Waals surface area (Å²) in [4.78, 5) is 5.34. The minimum absolute atomic E-state index is 0.137. The summed E-state index contributed by atoms with van der Waals surface area (Å²) in [5.74, 6) is 0. The van der Waals surface area contributed by atoms with Crippen LogP contribution in [0.25, 0.3) is 82.8 Å². The zero-order chi connectivity index (χ0) is 56.3. The second-order valence-corrected chi connectivity index (χ2v) is 25.1. The van der Waals surface area contributed by atoms with Crippen LogP contribution in [-0.4, -0.2) is 11.3 Å². The molecule has 4 heterocycles. The molecule has 4 nitrogen and oxygen atoms in total. The molecule has 0 fully saturated rings. The van der Waals surface area contributed by atoms with Gasteiger partial charge in [-0.25, -0.2) is 0 Å². The van der Waals surface area contributed by atoms with Gasteiger partial charge >= 0.3 is 0 Å². The van der Waals surface area contributed by atoms with Gasteiger partial charge in [0.1, 0.15) is 5.58 Å². The van der Waals surface area contributed by atoms with Crippen molar-refractivity contribution in [2.24, 2.45) is 0 Å². The van der Waals surface area contributed by atoms with Gasteiger partial charge in [-0.15, -0.1) is 0 Å². The van der Waals surface area contributed by atoms with Crippen molar-refractivity contribution in [3.05, 3.63) is 253 Å². The minimum atomic E-state index is -0.252. The lowest BCUT2D eigenvalue weighted by molar-refractivity contribution is 0.590. The molecule has 83 heavy (non-hydrogen) atoms. The number of benzene rings is 11. The van der Waals surface area contributed by atoms with Crippen molar-refractivity contribution in [1.82, 2.24) is 4.57 Å². The van der Waals surface area contributed by atoms with Crippen molar-refractivity contribution >= 4 is 101 Å². The summed E-state index contributed by atoms with van der Waals surface area (Å²) in [7, 11) is 0. The first kappa shape index (κ1) is 50.6. The quantitative estimate of drug-likeness (QED) is 0.135. The Hall–Kier alpha value is -9.32. The zero-order valence-electron chi connectivity index (χ0n) is 48.5.